The lowest BCUT2D eigenvalue weighted by molar-refractivity contribution is -0.148. The number of hydrogen-bond acceptors (Lipinski definition) is 5. The number of benzene rings is 2. The molecular weight excluding hydrogens is 380 g/mol. The Hall–Kier alpha value is -2.69. The third-order valence-corrected chi connectivity index (χ3v) is 5.22. The maximum atomic E-state index is 12.4. The first-order valence-electron chi connectivity index (χ1n) is 10.6. The molecule has 5 heteroatoms. The molecule has 1 atom stereocenters. The molecule has 0 bridgehead atoms. The Kier molecular flexibility index (Phi) is 10.1. The summed E-state index contributed by atoms with van der Waals surface area (Å²) >= 11 is 0. The first-order valence-corrected chi connectivity index (χ1v) is 10.6. The highest BCUT2D eigenvalue weighted by Gasteiger charge is 2.20. The van der Waals surface area contributed by atoms with E-state index in [1.54, 1.807) is 21.3 Å². The number of aryl methyl sites for hydroxylation is 2. The van der Waals surface area contributed by atoms with E-state index in [1.807, 2.05) is 25.1 Å². The van der Waals surface area contributed by atoms with Crippen LogP contribution in [-0.4, -0.2) is 33.9 Å². The molecule has 164 valence electrons. The molecule has 0 aliphatic heterocycles. The highest BCUT2D eigenvalue weighted by molar-refractivity contribution is 5.72. The van der Waals surface area contributed by atoms with Crippen LogP contribution in [0.15, 0.2) is 42.5 Å². The summed E-state index contributed by atoms with van der Waals surface area (Å²) in [5, 5.41) is 0. The van der Waals surface area contributed by atoms with Crippen molar-refractivity contribution in [3.63, 3.8) is 0 Å². The number of rotatable bonds is 13. The molecule has 0 aromatic heterocycles. The highest BCUT2D eigenvalue weighted by Crippen LogP contribution is 2.38. The molecule has 0 N–H and O–H groups in total. The quantitative estimate of drug-likeness (QED) is 0.420. The monoisotopic (exact) mass is 414 g/mol. The van der Waals surface area contributed by atoms with E-state index in [1.165, 1.54) is 5.56 Å². The number of hydrogen-bond donors (Lipinski definition) is 0. The minimum atomic E-state index is -0.0875. The molecule has 0 heterocycles. The van der Waals surface area contributed by atoms with Crippen molar-refractivity contribution in [2.24, 2.45) is 5.92 Å². The number of carbonyl (C=O) groups excluding carboxylic acids is 1. The van der Waals surface area contributed by atoms with Crippen LogP contribution in [0.5, 0.6) is 17.2 Å². The number of ether oxygens (including phenoxy) is 4. The van der Waals surface area contributed by atoms with Crippen molar-refractivity contribution in [2.45, 2.75) is 45.4 Å². The van der Waals surface area contributed by atoms with Crippen LogP contribution in [0, 0.1) is 5.92 Å². The summed E-state index contributed by atoms with van der Waals surface area (Å²) in [6.07, 6.45) is 5.29. The Bertz CT molecular complexity index is 747. The molecular formula is C25H34O5. The van der Waals surface area contributed by atoms with Crippen molar-refractivity contribution in [3.05, 3.63) is 53.6 Å². The fourth-order valence-electron chi connectivity index (χ4n) is 3.67. The van der Waals surface area contributed by atoms with E-state index in [4.69, 9.17) is 18.9 Å². The minimum Gasteiger partial charge on any atom is -0.493 e. The van der Waals surface area contributed by atoms with Gasteiger partial charge in [-0.3, -0.25) is 4.79 Å². The zero-order chi connectivity index (χ0) is 21.8. The van der Waals surface area contributed by atoms with Crippen LogP contribution in [0.1, 0.15) is 43.7 Å². The maximum Gasteiger partial charge on any atom is 0.308 e. The molecule has 0 aliphatic carbocycles. The van der Waals surface area contributed by atoms with Crippen molar-refractivity contribution in [3.8, 4) is 17.2 Å². The fraction of sp³-hybridized carbons (Fsp3) is 0.480. The SMILES string of the molecule is CCOC(=O)C(CCCc1ccccc1)CCCc1cc(OC)c(OC)c(OC)c1. The molecule has 2 aromatic carbocycles. The first-order chi connectivity index (χ1) is 14.6. The predicted octanol–water partition coefficient (Wildman–Crippen LogP) is 5.24. The van der Waals surface area contributed by atoms with Crippen LogP contribution in [-0.2, 0) is 22.4 Å². The van der Waals surface area contributed by atoms with E-state index in [9.17, 15) is 4.79 Å². The second kappa shape index (κ2) is 12.8. The molecule has 1 unspecified atom stereocenters. The average Bonchev–Trinajstić information content (AvgIpc) is 2.78. The van der Waals surface area contributed by atoms with Gasteiger partial charge in [-0.25, -0.2) is 0 Å². The number of methoxy groups -OCH3 is 3. The van der Waals surface area contributed by atoms with Crippen LogP contribution in [0.2, 0.25) is 0 Å². The van der Waals surface area contributed by atoms with Gasteiger partial charge in [0.25, 0.3) is 0 Å². The standard InChI is InChI=1S/C25H34O5/c1-5-30-25(26)21(15-9-13-19-11-7-6-8-12-19)16-10-14-20-17-22(27-2)24(29-4)23(18-20)28-3/h6-8,11-12,17-18,21H,5,9-10,13-16H2,1-4H3. The zero-order valence-electron chi connectivity index (χ0n) is 18.6. The van der Waals surface area contributed by atoms with Crippen LogP contribution < -0.4 is 14.2 Å². The van der Waals surface area contributed by atoms with Gasteiger partial charge in [0.15, 0.2) is 11.5 Å². The Morgan fingerprint density at radius 3 is 1.90 bits per heavy atom. The van der Waals surface area contributed by atoms with Gasteiger partial charge in [-0.2, -0.15) is 0 Å². The maximum absolute atomic E-state index is 12.4. The summed E-state index contributed by atoms with van der Waals surface area (Å²) in [5.74, 6) is 1.73. The van der Waals surface area contributed by atoms with Gasteiger partial charge in [-0.15, -0.1) is 0 Å². The molecule has 2 rings (SSSR count). The summed E-state index contributed by atoms with van der Waals surface area (Å²) < 4.78 is 21.6. The van der Waals surface area contributed by atoms with E-state index >= 15 is 0 Å². The van der Waals surface area contributed by atoms with E-state index in [0.717, 1.165) is 44.1 Å². The summed E-state index contributed by atoms with van der Waals surface area (Å²) in [5.41, 5.74) is 2.40. The molecule has 0 fully saturated rings. The van der Waals surface area contributed by atoms with E-state index in [-0.39, 0.29) is 11.9 Å². The van der Waals surface area contributed by atoms with Crippen LogP contribution in [0.25, 0.3) is 0 Å². The predicted molar refractivity (Wildman–Crippen MR) is 119 cm³/mol. The number of esters is 1. The molecule has 2 aromatic rings. The zero-order valence-corrected chi connectivity index (χ0v) is 18.6. The van der Waals surface area contributed by atoms with Crippen molar-refractivity contribution >= 4 is 5.97 Å². The lowest BCUT2D eigenvalue weighted by Crippen LogP contribution is -2.18. The second-order valence-corrected chi connectivity index (χ2v) is 7.25. The normalized spacial score (nSPS) is 11.6. The van der Waals surface area contributed by atoms with Gasteiger partial charge in [-0.05, 0) is 68.7 Å². The number of carbonyl (C=O) groups is 1. The lowest BCUT2D eigenvalue weighted by Gasteiger charge is -2.17. The molecule has 0 aliphatic rings. The van der Waals surface area contributed by atoms with E-state index < -0.39 is 0 Å². The van der Waals surface area contributed by atoms with Gasteiger partial charge in [0.2, 0.25) is 5.75 Å². The molecule has 0 amide bonds. The lowest BCUT2D eigenvalue weighted by atomic mass is 9.93. The Labute approximate surface area is 180 Å². The molecule has 0 saturated heterocycles. The van der Waals surface area contributed by atoms with Gasteiger partial charge in [0.05, 0.1) is 33.9 Å². The third kappa shape index (κ3) is 6.97. The largest absolute Gasteiger partial charge is 0.493 e. The summed E-state index contributed by atoms with van der Waals surface area (Å²) in [6.45, 7) is 2.27. The third-order valence-electron chi connectivity index (χ3n) is 5.22. The van der Waals surface area contributed by atoms with Crippen molar-refractivity contribution in [2.75, 3.05) is 27.9 Å². The van der Waals surface area contributed by atoms with Crippen LogP contribution >= 0.6 is 0 Å². The van der Waals surface area contributed by atoms with Crippen LogP contribution in [0.4, 0.5) is 0 Å². The average molecular weight is 415 g/mol. The molecule has 0 spiro atoms. The Morgan fingerprint density at radius 1 is 0.833 bits per heavy atom. The van der Waals surface area contributed by atoms with Crippen LogP contribution in [0.3, 0.4) is 0 Å². The molecule has 5 nitrogen and oxygen atoms in total. The van der Waals surface area contributed by atoms with Crippen molar-refractivity contribution in [1.82, 2.24) is 0 Å². The summed E-state index contributed by atoms with van der Waals surface area (Å²) in [4.78, 5) is 12.4. The summed E-state index contributed by atoms with van der Waals surface area (Å²) in [6, 6.07) is 14.3. The van der Waals surface area contributed by atoms with Gasteiger partial charge in [-0.1, -0.05) is 30.3 Å². The summed E-state index contributed by atoms with van der Waals surface area (Å²) in [7, 11) is 4.83. The Morgan fingerprint density at radius 2 is 1.40 bits per heavy atom. The molecule has 0 radical (unpaired) electrons. The Balaban J connectivity index is 1.95. The second-order valence-electron chi connectivity index (χ2n) is 7.25. The highest BCUT2D eigenvalue weighted by atomic mass is 16.5. The van der Waals surface area contributed by atoms with Gasteiger partial charge < -0.3 is 18.9 Å². The molecule has 0 saturated carbocycles. The smallest absolute Gasteiger partial charge is 0.308 e. The topological polar surface area (TPSA) is 54.0 Å². The van der Waals surface area contributed by atoms with Gasteiger partial charge in [0.1, 0.15) is 0 Å². The fourth-order valence-corrected chi connectivity index (χ4v) is 3.67. The molecule has 30 heavy (non-hydrogen) atoms. The first kappa shape index (κ1) is 23.6. The van der Waals surface area contributed by atoms with Crippen molar-refractivity contribution < 1.29 is 23.7 Å². The van der Waals surface area contributed by atoms with Crippen molar-refractivity contribution in [1.29, 1.82) is 0 Å². The van der Waals surface area contributed by atoms with E-state index in [2.05, 4.69) is 24.3 Å². The van der Waals surface area contributed by atoms with E-state index in [0.29, 0.717) is 23.9 Å². The minimum absolute atomic E-state index is 0.0734. The van der Waals surface area contributed by atoms with Gasteiger partial charge >= 0.3 is 5.97 Å². The van der Waals surface area contributed by atoms with Gasteiger partial charge in [0, 0.05) is 0 Å².